The van der Waals surface area contributed by atoms with Gasteiger partial charge >= 0.3 is 0 Å². The standard InChI is InChI=1S/C13H17IN2O2/c14-8-1-6-11(13(15)18)12(7-8)16-9-2-4-10(17)5-3-9/h1,6-7,9-10,16-17H,2-5H2,(H2,15,18). The fourth-order valence-electron chi connectivity index (χ4n) is 2.29. The van der Waals surface area contributed by atoms with E-state index in [0.29, 0.717) is 11.6 Å². The number of nitrogens with two attached hydrogens (primary N) is 1. The molecule has 0 unspecified atom stereocenters. The molecule has 2 rings (SSSR count). The molecular formula is C13H17IN2O2. The quantitative estimate of drug-likeness (QED) is 0.723. The van der Waals surface area contributed by atoms with Crippen LogP contribution in [0.15, 0.2) is 18.2 Å². The first-order valence-electron chi connectivity index (χ1n) is 6.10. The van der Waals surface area contributed by atoms with E-state index in [-0.39, 0.29) is 6.10 Å². The van der Waals surface area contributed by atoms with Gasteiger partial charge in [0.05, 0.1) is 11.7 Å². The Balaban J connectivity index is 2.12. The van der Waals surface area contributed by atoms with Gasteiger partial charge in [-0.05, 0) is 66.5 Å². The lowest BCUT2D eigenvalue weighted by Gasteiger charge is -2.27. The van der Waals surface area contributed by atoms with Crippen molar-refractivity contribution in [1.82, 2.24) is 0 Å². The van der Waals surface area contributed by atoms with Crippen LogP contribution in [0, 0.1) is 3.57 Å². The van der Waals surface area contributed by atoms with Crippen molar-refractivity contribution in [3.8, 4) is 0 Å². The molecule has 0 saturated heterocycles. The molecule has 1 aromatic rings. The molecule has 98 valence electrons. The van der Waals surface area contributed by atoms with E-state index in [1.165, 1.54) is 0 Å². The number of aliphatic hydroxyl groups excluding tert-OH is 1. The van der Waals surface area contributed by atoms with E-state index < -0.39 is 5.91 Å². The molecular weight excluding hydrogens is 343 g/mol. The Morgan fingerprint density at radius 1 is 1.33 bits per heavy atom. The number of aliphatic hydroxyl groups is 1. The van der Waals surface area contributed by atoms with Crippen molar-refractivity contribution >= 4 is 34.2 Å². The summed E-state index contributed by atoms with van der Waals surface area (Å²) in [5, 5.41) is 12.9. The van der Waals surface area contributed by atoms with Crippen LogP contribution in [0.4, 0.5) is 5.69 Å². The Morgan fingerprint density at radius 2 is 2.00 bits per heavy atom. The van der Waals surface area contributed by atoms with Crippen molar-refractivity contribution < 1.29 is 9.90 Å². The molecule has 5 heteroatoms. The molecule has 0 aromatic heterocycles. The molecule has 18 heavy (non-hydrogen) atoms. The van der Waals surface area contributed by atoms with Crippen LogP contribution in [-0.4, -0.2) is 23.2 Å². The average Bonchev–Trinajstić information content (AvgIpc) is 2.32. The van der Waals surface area contributed by atoms with Gasteiger partial charge in [-0.2, -0.15) is 0 Å². The Morgan fingerprint density at radius 3 is 2.61 bits per heavy atom. The fourth-order valence-corrected chi connectivity index (χ4v) is 2.78. The van der Waals surface area contributed by atoms with Crippen molar-refractivity contribution in [1.29, 1.82) is 0 Å². The first-order chi connectivity index (χ1) is 8.56. The number of hydrogen-bond donors (Lipinski definition) is 3. The van der Waals surface area contributed by atoms with E-state index >= 15 is 0 Å². The molecule has 1 aromatic carbocycles. The van der Waals surface area contributed by atoms with Gasteiger partial charge in [-0.25, -0.2) is 0 Å². The minimum atomic E-state index is -0.412. The Bertz CT molecular complexity index is 443. The highest BCUT2D eigenvalue weighted by Gasteiger charge is 2.20. The van der Waals surface area contributed by atoms with Gasteiger partial charge in [0.25, 0.3) is 5.91 Å². The zero-order valence-electron chi connectivity index (χ0n) is 10.0. The summed E-state index contributed by atoms with van der Waals surface area (Å²) in [4.78, 5) is 11.4. The number of amides is 1. The van der Waals surface area contributed by atoms with Crippen LogP contribution in [0.25, 0.3) is 0 Å². The smallest absolute Gasteiger partial charge is 0.250 e. The molecule has 1 fully saturated rings. The molecule has 1 aliphatic rings. The molecule has 4 nitrogen and oxygen atoms in total. The number of benzene rings is 1. The third kappa shape index (κ3) is 3.35. The lowest BCUT2D eigenvalue weighted by Crippen LogP contribution is -2.29. The minimum Gasteiger partial charge on any atom is -0.393 e. The Hall–Kier alpha value is -0.820. The molecule has 4 N–H and O–H groups in total. The van der Waals surface area contributed by atoms with Crippen LogP contribution in [0.5, 0.6) is 0 Å². The van der Waals surface area contributed by atoms with Crippen molar-refractivity contribution in [2.24, 2.45) is 5.73 Å². The van der Waals surface area contributed by atoms with E-state index in [0.717, 1.165) is 34.9 Å². The van der Waals surface area contributed by atoms with E-state index in [2.05, 4.69) is 27.9 Å². The number of primary amides is 1. The lowest BCUT2D eigenvalue weighted by atomic mass is 9.93. The van der Waals surface area contributed by atoms with Crippen molar-refractivity contribution in [2.45, 2.75) is 37.8 Å². The summed E-state index contributed by atoms with van der Waals surface area (Å²) in [7, 11) is 0. The zero-order valence-corrected chi connectivity index (χ0v) is 12.2. The molecule has 0 heterocycles. The van der Waals surface area contributed by atoms with Gasteiger partial charge in [-0.1, -0.05) is 0 Å². The monoisotopic (exact) mass is 360 g/mol. The third-order valence-electron chi connectivity index (χ3n) is 3.30. The molecule has 1 aliphatic carbocycles. The number of anilines is 1. The number of carbonyl (C=O) groups is 1. The van der Waals surface area contributed by atoms with Gasteiger partial charge < -0.3 is 16.2 Å². The van der Waals surface area contributed by atoms with E-state index in [1.807, 2.05) is 12.1 Å². The second-order valence-corrected chi connectivity index (χ2v) is 5.95. The van der Waals surface area contributed by atoms with Gasteiger partial charge in [0.2, 0.25) is 0 Å². The van der Waals surface area contributed by atoms with Crippen LogP contribution in [-0.2, 0) is 0 Å². The maximum absolute atomic E-state index is 11.4. The molecule has 1 amide bonds. The fraction of sp³-hybridized carbons (Fsp3) is 0.462. The second-order valence-electron chi connectivity index (χ2n) is 4.70. The van der Waals surface area contributed by atoms with E-state index in [1.54, 1.807) is 6.07 Å². The lowest BCUT2D eigenvalue weighted by molar-refractivity contribution is 0.100. The molecule has 0 bridgehead atoms. The predicted octanol–water partition coefficient (Wildman–Crippen LogP) is 2.11. The topological polar surface area (TPSA) is 75.4 Å². The highest BCUT2D eigenvalue weighted by atomic mass is 127. The minimum absolute atomic E-state index is 0.172. The summed E-state index contributed by atoms with van der Waals surface area (Å²) >= 11 is 2.21. The third-order valence-corrected chi connectivity index (χ3v) is 3.97. The molecule has 0 spiro atoms. The average molecular weight is 360 g/mol. The summed E-state index contributed by atoms with van der Waals surface area (Å²) in [5.74, 6) is -0.412. The van der Waals surface area contributed by atoms with Crippen molar-refractivity contribution in [2.75, 3.05) is 5.32 Å². The maximum atomic E-state index is 11.4. The molecule has 0 atom stereocenters. The van der Waals surface area contributed by atoms with E-state index in [9.17, 15) is 9.90 Å². The van der Waals surface area contributed by atoms with E-state index in [4.69, 9.17) is 5.73 Å². The largest absolute Gasteiger partial charge is 0.393 e. The first-order valence-corrected chi connectivity index (χ1v) is 7.18. The highest BCUT2D eigenvalue weighted by Crippen LogP contribution is 2.25. The number of halogens is 1. The van der Waals surface area contributed by atoms with Crippen LogP contribution >= 0.6 is 22.6 Å². The van der Waals surface area contributed by atoms with Crippen molar-refractivity contribution in [3.05, 3.63) is 27.3 Å². The summed E-state index contributed by atoms with van der Waals surface area (Å²) in [6, 6.07) is 5.87. The van der Waals surface area contributed by atoms with Crippen LogP contribution in [0.3, 0.4) is 0 Å². The van der Waals surface area contributed by atoms with Crippen LogP contribution < -0.4 is 11.1 Å². The summed E-state index contributed by atoms with van der Waals surface area (Å²) in [5.41, 5.74) is 6.70. The number of carbonyl (C=O) groups excluding carboxylic acids is 1. The van der Waals surface area contributed by atoms with Crippen LogP contribution in [0.2, 0.25) is 0 Å². The van der Waals surface area contributed by atoms with Gasteiger partial charge in [0.15, 0.2) is 0 Å². The summed E-state index contributed by atoms with van der Waals surface area (Å²) in [6.07, 6.45) is 3.30. The first kappa shape index (κ1) is 13.6. The highest BCUT2D eigenvalue weighted by molar-refractivity contribution is 14.1. The molecule has 0 aliphatic heterocycles. The predicted molar refractivity (Wildman–Crippen MR) is 79.6 cm³/mol. The number of hydrogen-bond acceptors (Lipinski definition) is 3. The number of nitrogens with one attached hydrogen (secondary N) is 1. The molecule has 0 radical (unpaired) electrons. The second kappa shape index (κ2) is 5.88. The van der Waals surface area contributed by atoms with Gasteiger partial charge in [-0.3, -0.25) is 4.79 Å². The van der Waals surface area contributed by atoms with Gasteiger partial charge in [0.1, 0.15) is 0 Å². The molecule has 1 saturated carbocycles. The van der Waals surface area contributed by atoms with Crippen LogP contribution in [0.1, 0.15) is 36.0 Å². The normalized spacial score (nSPS) is 23.7. The maximum Gasteiger partial charge on any atom is 0.250 e. The Labute approximate surface area is 120 Å². The summed E-state index contributed by atoms with van der Waals surface area (Å²) < 4.78 is 1.07. The SMILES string of the molecule is NC(=O)c1ccc(I)cc1NC1CCC(O)CC1. The van der Waals surface area contributed by atoms with Gasteiger partial charge in [-0.15, -0.1) is 0 Å². The zero-order chi connectivity index (χ0) is 13.1. The summed E-state index contributed by atoms with van der Waals surface area (Å²) in [6.45, 7) is 0. The van der Waals surface area contributed by atoms with Crippen molar-refractivity contribution in [3.63, 3.8) is 0 Å². The van der Waals surface area contributed by atoms with Gasteiger partial charge in [0, 0.05) is 15.3 Å². The Kier molecular flexibility index (Phi) is 4.45. The number of rotatable bonds is 3.